The number of carbonyl (C=O) groups is 1. The van der Waals surface area contributed by atoms with Crippen LogP contribution >= 0.6 is 0 Å². The molecule has 0 aromatic heterocycles. The summed E-state index contributed by atoms with van der Waals surface area (Å²) in [5, 5.41) is 9.21. The first kappa shape index (κ1) is 15.6. The number of hydrogen-bond donors (Lipinski definition) is 0. The third-order valence-electron chi connectivity index (χ3n) is 4.09. The van der Waals surface area contributed by atoms with Crippen LogP contribution in [-0.4, -0.2) is 12.0 Å². The van der Waals surface area contributed by atoms with E-state index < -0.39 is 23.9 Å². The third kappa shape index (κ3) is 3.63. The van der Waals surface area contributed by atoms with Gasteiger partial charge in [-0.15, -0.1) is 0 Å². The average molecular weight is 295 g/mol. The molecule has 5 heteroatoms. The molecule has 0 aliphatic heterocycles. The summed E-state index contributed by atoms with van der Waals surface area (Å²) in [5.74, 6) is -3.44. The van der Waals surface area contributed by atoms with Crippen molar-refractivity contribution in [3.63, 3.8) is 0 Å². The second-order valence-electron chi connectivity index (χ2n) is 5.48. The first-order valence-electron chi connectivity index (χ1n) is 6.98. The van der Waals surface area contributed by atoms with E-state index in [0.717, 1.165) is 0 Å². The highest BCUT2D eigenvalue weighted by Crippen LogP contribution is 2.41. The van der Waals surface area contributed by atoms with Crippen LogP contribution < -0.4 is 0 Å². The molecule has 0 amide bonds. The summed E-state index contributed by atoms with van der Waals surface area (Å²) >= 11 is 0. The smallest absolute Gasteiger partial charge is 0.298 e. The maximum Gasteiger partial charge on any atom is 0.391 e. The molecule has 0 bridgehead atoms. The SMILES string of the molecule is N#CC(C(=O)C1CCCC(C(F)(F)F)C1)c1ccccc1. The first-order chi connectivity index (χ1) is 9.93. The Hall–Kier alpha value is -1.83. The van der Waals surface area contributed by atoms with Crippen molar-refractivity contribution in [2.24, 2.45) is 11.8 Å². The zero-order valence-corrected chi connectivity index (χ0v) is 11.4. The molecule has 1 aliphatic carbocycles. The highest BCUT2D eigenvalue weighted by atomic mass is 19.4. The van der Waals surface area contributed by atoms with Crippen molar-refractivity contribution < 1.29 is 18.0 Å². The van der Waals surface area contributed by atoms with E-state index in [9.17, 15) is 23.2 Å². The zero-order valence-electron chi connectivity index (χ0n) is 11.4. The molecule has 0 N–H and O–H groups in total. The molecule has 1 fully saturated rings. The first-order valence-corrected chi connectivity index (χ1v) is 6.98. The van der Waals surface area contributed by atoms with Gasteiger partial charge >= 0.3 is 6.18 Å². The van der Waals surface area contributed by atoms with E-state index in [2.05, 4.69) is 0 Å². The molecule has 1 saturated carbocycles. The van der Waals surface area contributed by atoms with Gasteiger partial charge in [-0.2, -0.15) is 18.4 Å². The Bertz CT molecular complexity index is 533. The molecular weight excluding hydrogens is 279 g/mol. The summed E-state index contributed by atoms with van der Waals surface area (Å²) in [6.07, 6.45) is -3.54. The summed E-state index contributed by atoms with van der Waals surface area (Å²) in [7, 11) is 0. The van der Waals surface area contributed by atoms with Crippen molar-refractivity contribution in [3.05, 3.63) is 35.9 Å². The summed E-state index contributed by atoms with van der Waals surface area (Å²) in [6, 6.07) is 10.5. The van der Waals surface area contributed by atoms with E-state index in [0.29, 0.717) is 18.4 Å². The number of alkyl halides is 3. The Balaban J connectivity index is 2.13. The summed E-state index contributed by atoms with van der Waals surface area (Å²) in [6.45, 7) is 0. The molecule has 1 aliphatic rings. The fourth-order valence-corrected chi connectivity index (χ4v) is 2.93. The van der Waals surface area contributed by atoms with Crippen LogP contribution in [-0.2, 0) is 4.79 Å². The van der Waals surface area contributed by atoms with Gasteiger partial charge in [0.05, 0.1) is 12.0 Å². The lowest BCUT2D eigenvalue weighted by atomic mass is 9.75. The van der Waals surface area contributed by atoms with Crippen LogP contribution in [0.5, 0.6) is 0 Å². The molecule has 3 unspecified atom stereocenters. The standard InChI is InChI=1S/C16H16F3NO/c17-16(18,19)13-8-4-7-12(9-13)15(21)14(10-20)11-5-2-1-3-6-11/h1-3,5-6,12-14H,4,7-9H2. The van der Waals surface area contributed by atoms with Gasteiger partial charge < -0.3 is 0 Å². The average Bonchev–Trinajstić information content (AvgIpc) is 2.48. The minimum Gasteiger partial charge on any atom is -0.298 e. The molecule has 2 rings (SSSR count). The van der Waals surface area contributed by atoms with E-state index in [4.69, 9.17) is 0 Å². The molecule has 1 aromatic rings. The molecule has 0 radical (unpaired) electrons. The largest absolute Gasteiger partial charge is 0.391 e. The van der Waals surface area contributed by atoms with Gasteiger partial charge in [-0.3, -0.25) is 4.79 Å². The van der Waals surface area contributed by atoms with Crippen molar-refractivity contribution in [2.45, 2.75) is 37.8 Å². The second-order valence-corrected chi connectivity index (χ2v) is 5.48. The van der Waals surface area contributed by atoms with E-state index in [1.165, 1.54) is 0 Å². The van der Waals surface area contributed by atoms with Crippen molar-refractivity contribution in [3.8, 4) is 6.07 Å². The van der Waals surface area contributed by atoms with Gasteiger partial charge in [0, 0.05) is 5.92 Å². The third-order valence-corrected chi connectivity index (χ3v) is 4.09. The van der Waals surface area contributed by atoms with Gasteiger partial charge in [-0.25, -0.2) is 0 Å². The van der Waals surface area contributed by atoms with Crippen LogP contribution in [0.4, 0.5) is 13.2 Å². The quantitative estimate of drug-likeness (QED) is 0.837. The number of benzene rings is 1. The van der Waals surface area contributed by atoms with Crippen LogP contribution in [0, 0.1) is 23.2 Å². The van der Waals surface area contributed by atoms with Crippen LogP contribution in [0.2, 0.25) is 0 Å². The number of carbonyl (C=O) groups excluding carboxylic acids is 1. The maximum absolute atomic E-state index is 12.8. The van der Waals surface area contributed by atoms with Gasteiger partial charge in [0.1, 0.15) is 5.92 Å². The van der Waals surface area contributed by atoms with E-state index >= 15 is 0 Å². The number of halogens is 3. The second kappa shape index (κ2) is 6.30. The van der Waals surface area contributed by atoms with E-state index in [-0.39, 0.29) is 18.6 Å². The highest BCUT2D eigenvalue weighted by molar-refractivity contribution is 5.90. The number of ketones is 1. The Labute approximate surface area is 121 Å². The van der Waals surface area contributed by atoms with Crippen LogP contribution in [0.25, 0.3) is 0 Å². The van der Waals surface area contributed by atoms with Crippen molar-refractivity contribution >= 4 is 5.78 Å². The number of nitrogens with zero attached hydrogens (tertiary/aromatic N) is 1. The van der Waals surface area contributed by atoms with Crippen molar-refractivity contribution in [1.82, 2.24) is 0 Å². The van der Waals surface area contributed by atoms with Crippen LogP contribution in [0.15, 0.2) is 30.3 Å². The number of nitriles is 1. The monoisotopic (exact) mass is 295 g/mol. The number of rotatable bonds is 3. The minimum atomic E-state index is -4.26. The fourth-order valence-electron chi connectivity index (χ4n) is 2.93. The number of Topliss-reactive ketones (excluding diaryl/α,β-unsaturated/α-hetero) is 1. The minimum absolute atomic E-state index is 0.0792. The van der Waals surface area contributed by atoms with E-state index in [1.54, 1.807) is 30.3 Å². The molecule has 1 aromatic carbocycles. The molecule has 3 atom stereocenters. The lowest BCUT2D eigenvalue weighted by Crippen LogP contribution is -2.33. The van der Waals surface area contributed by atoms with Gasteiger partial charge in [-0.05, 0) is 24.8 Å². The molecular formula is C16H16F3NO. The van der Waals surface area contributed by atoms with Crippen LogP contribution in [0.3, 0.4) is 0 Å². The van der Waals surface area contributed by atoms with Crippen molar-refractivity contribution in [1.29, 1.82) is 5.26 Å². The predicted octanol–water partition coefficient (Wildman–Crippen LogP) is 4.23. The summed E-state index contributed by atoms with van der Waals surface area (Å²) in [4.78, 5) is 12.4. The molecule has 0 saturated heterocycles. The van der Waals surface area contributed by atoms with Crippen molar-refractivity contribution in [2.75, 3.05) is 0 Å². The van der Waals surface area contributed by atoms with Crippen LogP contribution in [0.1, 0.15) is 37.2 Å². The predicted molar refractivity (Wildman–Crippen MR) is 71.3 cm³/mol. The lowest BCUT2D eigenvalue weighted by molar-refractivity contribution is -0.186. The summed E-state index contributed by atoms with van der Waals surface area (Å²) in [5.41, 5.74) is 0.555. The van der Waals surface area contributed by atoms with E-state index in [1.807, 2.05) is 6.07 Å². The maximum atomic E-state index is 12.8. The van der Waals surface area contributed by atoms with Gasteiger partial charge in [0.2, 0.25) is 0 Å². The molecule has 21 heavy (non-hydrogen) atoms. The molecule has 2 nitrogen and oxygen atoms in total. The van der Waals surface area contributed by atoms with Gasteiger partial charge in [-0.1, -0.05) is 36.8 Å². The Morgan fingerprint density at radius 3 is 2.48 bits per heavy atom. The molecule has 112 valence electrons. The Kier molecular flexibility index (Phi) is 4.66. The normalized spacial score (nSPS) is 24.1. The zero-order chi connectivity index (χ0) is 15.5. The summed E-state index contributed by atoms with van der Waals surface area (Å²) < 4.78 is 38.4. The fraction of sp³-hybridized carbons (Fsp3) is 0.500. The molecule has 0 heterocycles. The Morgan fingerprint density at radius 2 is 1.90 bits per heavy atom. The number of hydrogen-bond acceptors (Lipinski definition) is 2. The molecule has 0 spiro atoms. The highest BCUT2D eigenvalue weighted by Gasteiger charge is 2.44. The van der Waals surface area contributed by atoms with Gasteiger partial charge in [0.25, 0.3) is 0 Å². The lowest BCUT2D eigenvalue weighted by Gasteiger charge is -2.30. The Morgan fingerprint density at radius 1 is 1.24 bits per heavy atom. The topological polar surface area (TPSA) is 40.9 Å². The van der Waals surface area contributed by atoms with Gasteiger partial charge in [0.15, 0.2) is 5.78 Å².